The second-order valence-corrected chi connectivity index (χ2v) is 14.5. The third kappa shape index (κ3) is 6.02. The van der Waals surface area contributed by atoms with Crippen LogP contribution < -0.4 is 14.2 Å². The number of fused-ring (bicyclic) bond motifs is 2. The molecule has 2 aliphatic heterocycles. The van der Waals surface area contributed by atoms with Gasteiger partial charge in [0, 0.05) is 23.1 Å². The smallest absolute Gasteiger partial charge is 0.306 e. The van der Waals surface area contributed by atoms with Crippen LogP contribution in [0.1, 0.15) is 65.5 Å². The van der Waals surface area contributed by atoms with Crippen LogP contribution in [0.5, 0.6) is 17.2 Å². The third-order valence-electron chi connectivity index (χ3n) is 9.11. The first kappa shape index (κ1) is 30.4. The molecule has 44 heavy (non-hydrogen) atoms. The number of esters is 1. The van der Waals surface area contributed by atoms with Crippen molar-refractivity contribution in [2.24, 2.45) is 0 Å². The molecule has 6 rings (SSSR count). The molecule has 2 heterocycles. The number of benzene rings is 3. The minimum atomic E-state index is -3.10. The van der Waals surface area contributed by atoms with E-state index in [-0.39, 0.29) is 55.1 Å². The summed E-state index contributed by atoms with van der Waals surface area (Å²) < 4.78 is 61.8. The summed E-state index contributed by atoms with van der Waals surface area (Å²) in [5.41, 5.74) is 5.09. The molecule has 3 aliphatic rings. The number of rotatable bonds is 8. The average Bonchev–Trinajstić information content (AvgIpc) is 3.59. The summed E-state index contributed by atoms with van der Waals surface area (Å²) in [6.07, 6.45) is 1.38. The highest BCUT2D eigenvalue weighted by molar-refractivity contribution is 7.91. The number of hydrogen-bond acceptors (Lipinski definition) is 8. The first-order chi connectivity index (χ1) is 20.9. The fraction of sp³-hybridized carbons (Fsp3) is 0.441. The van der Waals surface area contributed by atoms with Gasteiger partial charge in [0.2, 0.25) is 0 Å². The van der Waals surface area contributed by atoms with E-state index in [4.69, 9.17) is 18.9 Å². The highest BCUT2D eigenvalue weighted by Gasteiger charge is 2.36. The summed E-state index contributed by atoms with van der Waals surface area (Å²) in [5.74, 6) is 1.10. The third-order valence-corrected chi connectivity index (χ3v) is 10.8. The predicted octanol–water partition coefficient (Wildman–Crippen LogP) is 5.53. The van der Waals surface area contributed by atoms with E-state index >= 15 is 4.39 Å². The Balaban J connectivity index is 1.20. The number of methoxy groups -OCH3 is 1. The Morgan fingerprint density at radius 1 is 1.07 bits per heavy atom. The van der Waals surface area contributed by atoms with Crippen molar-refractivity contribution in [3.8, 4) is 28.4 Å². The van der Waals surface area contributed by atoms with Crippen molar-refractivity contribution in [2.45, 2.75) is 63.6 Å². The summed E-state index contributed by atoms with van der Waals surface area (Å²) in [7, 11) is -1.73. The molecule has 2 atom stereocenters. The van der Waals surface area contributed by atoms with Crippen molar-refractivity contribution in [2.75, 3.05) is 31.8 Å². The van der Waals surface area contributed by atoms with Gasteiger partial charge in [-0.05, 0) is 91.6 Å². The van der Waals surface area contributed by atoms with Crippen molar-refractivity contribution in [3.63, 3.8) is 0 Å². The number of halogens is 1. The lowest BCUT2D eigenvalue weighted by Gasteiger charge is -2.31. The minimum absolute atomic E-state index is 0.0192. The first-order valence-corrected chi connectivity index (χ1v) is 16.8. The normalized spacial score (nSPS) is 21.2. The van der Waals surface area contributed by atoms with Crippen LogP contribution in [-0.4, -0.2) is 56.9 Å². The van der Waals surface area contributed by atoms with E-state index in [0.29, 0.717) is 42.3 Å². The molecule has 10 heteroatoms. The maximum atomic E-state index is 15.4. The number of aliphatic hydroxyl groups is 1. The molecule has 1 unspecified atom stereocenters. The molecule has 0 saturated carbocycles. The van der Waals surface area contributed by atoms with Crippen LogP contribution in [0.3, 0.4) is 0 Å². The summed E-state index contributed by atoms with van der Waals surface area (Å²) in [6.45, 7) is 4.37. The molecule has 1 aliphatic carbocycles. The molecule has 0 aromatic heterocycles. The second-order valence-electron chi connectivity index (χ2n) is 12.2. The van der Waals surface area contributed by atoms with E-state index in [2.05, 4.69) is 0 Å². The van der Waals surface area contributed by atoms with Gasteiger partial charge in [-0.2, -0.15) is 0 Å². The van der Waals surface area contributed by atoms with Gasteiger partial charge in [-0.15, -0.1) is 0 Å². The molecule has 1 N–H and O–H groups in total. The zero-order valence-corrected chi connectivity index (χ0v) is 26.0. The molecule has 0 spiro atoms. The molecule has 1 fully saturated rings. The van der Waals surface area contributed by atoms with E-state index in [1.54, 1.807) is 0 Å². The zero-order chi connectivity index (χ0) is 31.2. The van der Waals surface area contributed by atoms with Crippen molar-refractivity contribution in [1.29, 1.82) is 0 Å². The summed E-state index contributed by atoms with van der Waals surface area (Å²) >= 11 is 0. The fourth-order valence-electron chi connectivity index (χ4n) is 6.69. The van der Waals surface area contributed by atoms with E-state index in [1.807, 2.05) is 50.2 Å². The van der Waals surface area contributed by atoms with Crippen molar-refractivity contribution < 1.29 is 41.7 Å². The Labute approximate surface area is 257 Å². The van der Waals surface area contributed by atoms with Gasteiger partial charge in [0.25, 0.3) is 0 Å². The second kappa shape index (κ2) is 11.7. The molecule has 234 valence electrons. The Hall–Kier alpha value is -3.63. The van der Waals surface area contributed by atoms with E-state index in [0.717, 1.165) is 33.4 Å². The molecule has 0 radical (unpaired) electrons. The molecule has 8 nitrogen and oxygen atoms in total. The van der Waals surface area contributed by atoms with Crippen LogP contribution in [-0.2, 0) is 25.8 Å². The van der Waals surface area contributed by atoms with Crippen molar-refractivity contribution in [3.05, 3.63) is 76.1 Å². The van der Waals surface area contributed by atoms with E-state index in [9.17, 15) is 18.3 Å². The Bertz CT molecular complexity index is 1680. The van der Waals surface area contributed by atoms with Crippen LogP contribution in [0.15, 0.2) is 42.5 Å². The average molecular weight is 625 g/mol. The van der Waals surface area contributed by atoms with Gasteiger partial charge in [-0.1, -0.05) is 12.1 Å². The Morgan fingerprint density at radius 2 is 1.80 bits per heavy atom. The van der Waals surface area contributed by atoms with Crippen LogP contribution >= 0.6 is 0 Å². The van der Waals surface area contributed by atoms with Gasteiger partial charge in [0.1, 0.15) is 41.4 Å². The number of aryl methyl sites for hydroxylation is 2. The van der Waals surface area contributed by atoms with Gasteiger partial charge < -0.3 is 24.1 Å². The van der Waals surface area contributed by atoms with Crippen LogP contribution in [0, 0.1) is 19.7 Å². The SMILES string of the molecule is COC(=O)CC1COc2cc(O[C@@H]3CCc4c(-c5c(C)cc(OCC6(O)CCS(=O)(=O)CC6)cc5C)ccc(F)c43)ccc21. The van der Waals surface area contributed by atoms with E-state index in [1.165, 1.54) is 13.2 Å². The number of hydrogen-bond donors (Lipinski definition) is 1. The maximum absolute atomic E-state index is 15.4. The molecule has 3 aromatic carbocycles. The van der Waals surface area contributed by atoms with Crippen molar-refractivity contribution >= 4 is 15.8 Å². The zero-order valence-electron chi connectivity index (χ0n) is 25.2. The van der Waals surface area contributed by atoms with Gasteiger partial charge in [0.05, 0.1) is 31.6 Å². The monoisotopic (exact) mass is 624 g/mol. The van der Waals surface area contributed by atoms with Crippen LogP contribution in [0.2, 0.25) is 0 Å². The number of carbonyl (C=O) groups excluding carboxylic acids is 1. The lowest BCUT2D eigenvalue weighted by atomic mass is 9.90. The highest BCUT2D eigenvalue weighted by Crippen LogP contribution is 2.45. The minimum Gasteiger partial charge on any atom is -0.492 e. The molecular formula is C34H37FO8S. The summed E-state index contributed by atoms with van der Waals surface area (Å²) in [5, 5.41) is 10.8. The van der Waals surface area contributed by atoms with Gasteiger partial charge in [-0.3, -0.25) is 4.79 Å². The van der Waals surface area contributed by atoms with Gasteiger partial charge >= 0.3 is 5.97 Å². The summed E-state index contributed by atoms with van der Waals surface area (Å²) in [4.78, 5) is 11.8. The lowest BCUT2D eigenvalue weighted by Crippen LogP contribution is -2.43. The van der Waals surface area contributed by atoms with Gasteiger partial charge in [-0.25, -0.2) is 12.8 Å². The summed E-state index contributed by atoms with van der Waals surface area (Å²) in [6, 6.07) is 12.7. The number of carbonyl (C=O) groups is 1. The highest BCUT2D eigenvalue weighted by atomic mass is 32.2. The Morgan fingerprint density at radius 3 is 2.50 bits per heavy atom. The number of sulfone groups is 1. The van der Waals surface area contributed by atoms with Gasteiger partial charge in [0.15, 0.2) is 9.84 Å². The lowest BCUT2D eigenvalue weighted by molar-refractivity contribution is -0.141. The van der Waals surface area contributed by atoms with Crippen LogP contribution in [0.4, 0.5) is 4.39 Å². The molecule has 0 amide bonds. The largest absolute Gasteiger partial charge is 0.492 e. The molecule has 3 aromatic rings. The standard InChI is InChI=1S/C34H37FO8S/c1-20-14-24(42-19-34(37)10-12-44(38,39)13-11-34)15-21(2)32(20)26-6-8-28(35)33-27(26)7-9-29(33)43-23-4-5-25-22(16-31(36)40-3)18-41-30(25)17-23/h4-6,8,14-15,17,22,29,37H,7,9-13,16,18-19H2,1-3H3/t22?,29-/m1/s1. The fourth-order valence-corrected chi connectivity index (χ4v) is 8.27. The maximum Gasteiger partial charge on any atom is 0.306 e. The molecule has 1 saturated heterocycles. The van der Waals surface area contributed by atoms with Crippen molar-refractivity contribution in [1.82, 2.24) is 0 Å². The predicted molar refractivity (Wildman–Crippen MR) is 163 cm³/mol. The first-order valence-electron chi connectivity index (χ1n) is 14.9. The van der Waals surface area contributed by atoms with Crippen LogP contribution in [0.25, 0.3) is 11.1 Å². The van der Waals surface area contributed by atoms with E-state index < -0.39 is 21.5 Å². The quantitative estimate of drug-likeness (QED) is 0.326. The number of ether oxygens (including phenoxy) is 4. The topological polar surface area (TPSA) is 108 Å². The Kier molecular flexibility index (Phi) is 8.09. The molecular weight excluding hydrogens is 587 g/mol. The molecule has 0 bridgehead atoms.